The molecule has 0 saturated carbocycles. The molecule has 8 nitrogen and oxygen atoms in total. The van der Waals surface area contributed by atoms with Crippen molar-refractivity contribution in [3.63, 3.8) is 0 Å². The minimum atomic E-state index is -4.55. The van der Waals surface area contributed by atoms with Crippen LogP contribution in [0.5, 0.6) is 0 Å². The number of aromatic nitrogens is 3. The molecule has 0 radical (unpaired) electrons. The Bertz CT molecular complexity index is 1280. The lowest BCUT2D eigenvalue weighted by Crippen LogP contribution is -2.55. The Hall–Kier alpha value is -2.51. The molecule has 1 unspecified atom stereocenters. The topological polar surface area (TPSA) is 87.9 Å². The van der Waals surface area contributed by atoms with E-state index in [-0.39, 0.29) is 30.4 Å². The van der Waals surface area contributed by atoms with Crippen molar-refractivity contribution in [1.29, 1.82) is 0 Å². The van der Waals surface area contributed by atoms with E-state index >= 15 is 0 Å². The summed E-state index contributed by atoms with van der Waals surface area (Å²) in [6.45, 7) is 1.85. The summed E-state index contributed by atoms with van der Waals surface area (Å²) in [4.78, 5) is 18.6. The van der Waals surface area contributed by atoms with Crippen LogP contribution in [0, 0.1) is 0 Å². The Labute approximate surface area is 189 Å². The normalized spacial score (nSPS) is 18.3. The van der Waals surface area contributed by atoms with E-state index in [1.54, 1.807) is 24.2 Å². The molecule has 1 aromatic carbocycles. The maximum absolute atomic E-state index is 13.1. The first-order valence-corrected chi connectivity index (χ1v) is 11.7. The minimum absolute atomic E-state index is 0.00723. The van der Waals surface area contributed by atoms with Crippen molar-refractivity contribution >= 4 is 37.5 Å². The minimum Gasteiger partial charge on any atom is -0.333 e. The van der Waals surface area contributed by atoms with Crippen molar-refractivity contribution in [2.45, 2.75) is 24.0 Å². The zero-order valence-corrected chi connectivity index (χ0v) is 19.0. The van der Waals surface area contributed by atoms with E-state index in [0.29, 0.717) is 15.7 Å². The van der Waals surface area contributed by atoms with Gasteiger partial charge >= 0.3 is 6.18 Å². The van der Waals surface area contributed by atoms with Gasteiger partial charge in [-0.1, -0.05) is 0 Å². The van der Waals surface area contributed by atoms with E-state index in [4.69, 9.17) is 0 Å². The van der Waals surface area contributed by atoms with Gasteiger partial charge in [0.05, 0.1) is 21.1 Å². The molecule has 1 fully saturated rings. The highest BCUT2D eigenvalue weighted by atomic mass is 79.9. The third kappa shape index (κ3) is 4.11. The fraction of sp³-hybridized carbons (Fsp3) is 0.316. The van der Waals surface area contributed by atoms with Crippen LogP contribution in [-0.4, -0.2) is 63.8 Å². The summed E-state index contributed by atoms with van der Waals surface area (Å²) in [7, 11) is -4.01. The largest absolute Gasteiger partial charge is 0.416 e. The summed E-state index contributed by atoms with van der Waals surface area (Å²) in [5, 5.41) is 4.13. The lowest BCUT2D eigenvalue weighted by atomic mass is 10.2. The lowest BCUT2D eigenvalue weighted by molar-refractivity contribution is -0.137. The van der Waals surface area contributed by atoms with E-state index in [1.165, 1.54) is 15.0 Å². The Morgan fingerprint density at radius 3 is 2.47 bits per heavy atom. The maximum atomic E-state index is 13.1. The Morgan fingerprint density at radius 2 is 1.84 bits per heavy atom. The third-order valence-corrected chi connectivity index (χ3v) is 7.51. The van der Waals surface area contributed by atoms with Crippen LogP contribution < -0.4 is 0 Å². The molecule has 2 aromatic heterocycles. The van der Waals surface area contributed by atoms with Gasteiger partial charge in [-0.25, -0.2) is 17.9 Å². The first-order chi connectivity index (χ1) is 15.0. The highest BCUT2D eigenvalue weighted by Gasteiger charge is 2.36. The SMILES string of the molecule is CC1CN(S(=O)(=O)c2ccc(C(F)(F)F)cc2)CCN1C(=O)c1cnn2cc(Br)cnc12. The van der Waals surface area contributed by atoms with Crippen LogP contribution in [0.1, 0.15) is 22.8 Å². The number of halogens is 4. The molecule has 4 rings (SSSR count). The van der Waals surface area contributed by atoms with Crippen molar-refractivity contribution < 1.29 is 26.4 Å². The second-order valence-corrected chi connectivity index (χ2v) is 10.2. The van der Waals surface area contributed by atoms with E-state index in [1.807, 2.05) is 0 Å². The van der Waals surface area contributed by atoms with Crippen LogP contribution in [0.4, 0.5) is 13.2 Å². The fourth-order valence-electron chi connectivity index (χ4n) is 3.57. The molecule has 0 spiro atoms. The van der Waals surface area contributed by atoms with Crippen LogP contribution in [0.25, 0.3) is 5.65 Å². The number of hydrogen-bond acceptors (Lipinski definition) is 5. The van der Waals surface area contributed by atoms with E-state index < -0.39 is 27.8 Å². The summed E-state index contributed by atoms with van der Waals surface area (Å²) in [6.07, 6.45) is 0.0733. The van der Waals surface area contributed by atoms with Crippen LogP contribution in [0.3, 0.4) is 0 Å². The van der Waals surface area contributed by atoms with Gasteiger partial charge in [0.25, 0.3) is 5.91 Å². The van der Waals surface area contributed by atoms with Gasteiger partial charge in [0.1, 0.15) is 5.56 Å². The number of amides is 1. The van der Waals surface area contributed by atoms with Gasteiger partial charge in [0, 0.05) is 38.1 Å². The smallest absolute Gasteiger partial charge is 0.333 e. The standard InChI is InChI=1S/C19H17BrF3N5O3S/c1-12-10-26(32(30,31)15-4-2-13(3-5-15)19(21,22)23)6-7-27(12)18(29)16-9-25-28-11-14(20)8-24-17(16)28/h2-5,8-9,11-12H,6-7,10H2,1H3. The molecule has 1 amide bonds. The number of hydrogen-bond donors (Lipinski definition) is 0. The maximum Gasteiger partial charge on any atom is 0.416 e. The highest BCUT2D eigenvalue weighted by molar-refractivity contribution is 9.10. The average molecular weight is 532 g/mol. The molecule has 3 aromatic rings. The Balaban J connectivity index is 1.51. The number of carbonyl (C=O) groups is 1. The first-order valence-electron chi connectivity index (χ1n) is 9.46. The number of piperazine rings is 1. The number of sulfonamides is 1. The number of nitrogens with zero attached hydrogens (tertiary/aromatic N) is 5. The zero-order valence-electron chi connectivity index (χ0n) is 16.6. The Kier molecular flexibility index (Phi) is 5.75. The van der Waals surface area contributed by atoms with Crippen LogP contribution in [0.2, 0.25) is 0 Å². The molecule has 1 aliphatic heterocycles. The Morgan fingerprint density at radius 1 is 1.16 bits per heavy atom. The number of rotatable bonds is 3. The number of alkyl halides is 3. The van der Waals surface area contributed by atoms with E-state index in [0.717, 1.165) is 24.3 Å². The van der Waals surface area contributed by atoms with Crippen molar-refractivity contribution in [2.24, 2.45) is 0 Å². The van der Waals surface area contributed by atoms with Gasteiger partial charge in [-0.3, -0.25) is 4.79 Å². The fourth-order valence-corrected chi connectivity index (χ4v) is 5.38. The molecule has 32 heavy (non-hydrogen) atoms. The summed E-state index contributed by atoms with van der Waals surface area (Å²) in [5.41, 5.74) is -0.247. The molecule has 0 bridgehead atoms. The van der Waals surface area contributed by atoms with Gasteiger partial charge in [-0.15, -0.1) is 0 Å². The molecule has 0 N–H and O–H groups in total. The molecule has 3 heterocycles. The van der Waals surface area contributed by atoms with Gasteiger partial charge in [-0.2, -0.15) is 22.6 Å². The highest BCUT2D eigenvalue weighted by Crippen LogP contribution is 2.30. The predicted molar refractivity (Wildman–Crippen MR) is 111 cm³/mol. The molecule has 1 saturated heterocycles. The van der Waals surface area contributed by atoms with Gasteiger partial charge in [-0.05, 0) is 47.1 Å². The lowest BCUT2D eigenvalue weighted by Gasteiger charge is -2.39. The molecular formula is C19H17BrF3N5O3S. The molecule has 1 atom stereocenters. The van der Waals surface area contributed by atoms with Crippen LogP contribution in [-0.2, 0) is 16.2 Å². The summed E-state index contributed by atoms with van der Waals surface area (Å²) < 4.78 is 67.5. The quantitative estimate of drug-likeness (QED) is 0.518. The summed E-state index contributed by atoms with van der Waals surface area (Å²) >= 11 is 3.29. The van der Waals surface area contributed by atoms with Crippen molar-refractivity contribution in [1.82, 2.24) is 23.8 Å². The molecule has 13 heteroatoms. The summed E-state index contributed by atoms with van der Waals surface area (Å²) in [6, 6.07) is 2.91. The number of carbonyl (C=O) groups excluding carboxylic acids is 1. The molecule has 1 aliphatic rings. The summed E-state index contributed by atoms with van der Waals surface area (Å²) in [5.74, 6) is -0.325. The molecule has 170 valence electrons. The predicted octanol–water partition coefficient (Wildman–Crippen LogP) is 3.05. The van der Waals surface area contributed by atoms with Crippen molar-refractivity contribution in [3.8, 4) is 0 Å². The van der Waals surface area contributed by atoms with Crippen molar-refractivity contribution in [2.75, 3.05) is 19.6 Å². The van der Waals surface area contributed by atoms with Gasteiger partial charge < -0.3 is 4.90 Å². The van der Waals surface area contributed by atoms with Gasteiger partial charge in [0.15, 0.2) is 5.65 Å². The second kappa shape index (κ2) is 8.12. The second-order valence-electron chi connectivity index (χ2n) is 7.33. The third-order valence-electron chi connectivity index (χ3n) is 5.23. The van der Waals surface area contributed by atoms with Crippen molar-refractivity contribution in [3.05, 3.63) is 58.5 Å². The number of benzene rings is 1. The zero-order chi connectivity index (χ0) is 23.3. The van der Waals surface area contributed by atoms with Gasteiger partial charge in [0.2, 0.25) is 10.0 Å². The molecule has 0 aliphatic carbocycles. The molecular weight excluding hydrogens is 515 g/mol. The van der Waals surface area contributed by atoms with Crippen LogP contribution >= 0.6 is 15.9 Å². The average Bonchev–Trinajstić information content (AvgIpc) is 3.15. The first kappa shape index (κ1) is 22.7. The van der Waals surface area contributed by atoms with E-state index in [9.17, 15) is 26.4 Å². The van der Waals surface area contributed by atoms with E-state index in [2.05, 4.69) is 26.0 Å². The monoisotopic (exact) mass is 531 g/mol. The van der Waals surface area contributed by atoms with Crippen LogP contribution in [0.15, 0.2) is 52.2 Å². The number of fused-ring (bicyclic) bond motifs is 1.